The lowest BCUT2D eigenvalue weighted by Crippen LogP contribution is -2.19. The Morgan fingerprint density at radius 3 is 2.35 bits per heavy atom. The Kier molecular flexibility index (Phi) is 4.69. The summed E-state index contributed by atoms with van der Waals surface area (Å²) in [4.78, 5) is 28.3. The summed E-state index contributed by atoms with van der Waals surface area (Å²) in [5.74, 6) is 0. The van der Waals surface area contributed by atoms with Crippen molar-refractivity contribution < 1.29 is 0 Å². The van der Waals surface area contributed by atoms with Crippen LogP contribution >= 0.6 is 23.2 Å². The first-order valence-corrected chi connectivity index (χ1v) is 11.4. The van der Waals surface area contributed by atoms with E-state index in [-0.39, 0.29) is 5.56 Å². The SMILES string of the molecule is Cc1ccc(-n2c3nc4ccccc4nc3c3c(=O)n(-c4cc(Cl)ccc4Cl)cnc32)cc1C. The number of hydrogen-bond acceptors (Lipinski definition) is 4. The number of aromatic nitrogens is 5. The molecule has 0 aliphatic carbocycles. The molecule has 0 N–H and O–H groups in total. The Labute approximate surface area is 204 Å². The molecule has 0 fully saturated rings. The van der Waals surface area contributed by atoms with Crippen LogP contribution in [0.4, 0.5) is 0 Å². The largest absolute Gasteiger partial charge is 0.276 e. The molecule has 0 unspecified atom stereocenters. The average molecular weight is 486 g/mol. The molecule has 166 valence electrons. The van der Waals surface area contributed by atoms with Gasteiger partial charge in [0.05, 0.1) is 21.7 Å². The van der Waals surface area contributed by atoms with Gasteiger partial charge in [-0.05, 0) is 67.4 Å². The van der Waals surface area contributed by atoms with Gasteiger partial charge in [-0.2, -0.15) is 0 Å². The topological polar surface area (TPSA) is 65.6 Å². The Morgan fingerprint density at radius 1 is 0.824 bits per heavy atom. The summed E-state index contributed by atoms with van der Waals surface area (Å²) in [5, 5.41) is 1.22. The number of benzene rings is 3. The molecule has 6 aromatic rings. The number of fused-ring (bicyclic) bond motifs is 4. The lowest BCUT2D eigenvalue weighted by Gasteiger charge is -2.10. The van der Waals surface area contributed by atoms with E-state index in [1.165, 1.54) is 16.5 Å². The summed E-state index contributed by atoms with van der Waals surface area (Å²) in [6, 6.07) is 18.7. The fourth-order valence-electron chi connectivity index (χ4n) is 4.19. The highest BCUT2D eigenvalue weighted by Gasteiger charge is 2.22. The molecule has 0 spiro atoms. The van der Waals surface area contributed by atoms with Gasteiger partial charge >= 0.3 is 0 Å². The van der Waals surface area contributed by atoms with Crippen molar-refractivity contribution >= 4 is 56.4 Å². The van der Waals surface area contributed by atoms with Crippen LogP contribution in [0.3, 0.4) is 0 Å². The van der Waals surface area contributed by atoms with Gasteiger partial charge in [-0.1, -0.05) is 41.4 Å². The average Bonchev–Trinajstić information content (AvgIpc) is 3.15. The summed E-state index contributed by atoms with van der Waals surface area (Å²) >= 11 is 12.6. The zero-order valence-electron chi connectivity index (χ0n) is 18.3. The molecule has 0 radical (unpaired) electrons. The highest BCUT2D eigenvalue weighted by Crippen LogP contribution is 2.30. The van der Waals surface area contributed by atoms with Crippen molar-refractivity contribution in [2.75, 3.05) is 0 Å². The number of nitrogens with zero attached hydrogens (tertiary/aromatic N) is 5. The summed E-state index contributed by atoms with van der Waals surface area (Å²) in [5.41, 5.74) is 6.28. The fourth-order valence-corrected chi connectivity index (χ4v) is 4.56. The highest BCUT2D eigenvalue weighted by molar-refractivity contribution is 6.34. The molecule has 0 aliphatic rings. The van der Waals surface area contributed by atoms with E-state index in [0.717, 1.165) is 16.8 Å². The fraction of sp³-hybridized carbons (Fsp3) is 0.0769. The number of rotatable bonds is 2. The minimum Gasteiger partial charge on any atom is -0.276 e. The molecule has 34 heavy (non-hydrogen) atoms. The minimum absolute atomic E-state index is 0.300. The number of aryl methyl sites for hydroxylation is 2. The van der Waals surface area contributed by atoms with Crippen LogP contribution in [0, 0.1) is 13.8 Å². The van der Waals surface area contributed by atoms with Crippen LogP contribution in [0.15, 0.2) is 71.8 Å². The molecule has 0 atom stereocenters. The van der Waals surface area contributed by atoms with E-state index < -0.39 is 0 Å². The standard InChI is InChI=1S/C26H17Cl2N5O/c1-14-7-9-17(11-15(14)2)33-24-22(23-25(33)31-20-6-4-3-5-19(20)30-23)26(34)32(13-29-24)21-12-16(27)8-10-18(21)28/h3-13H,1-2H3. The van der Waals surface area contributed by atoms with Gasteiger partial charge in [0, 0.05) is 10.7 Å². The van der Waals surface area contributed by atoms with Crippen LogP contribution in [0.25, 0.3) is 44.6 Å². The molecule has 0 bridgehead atoms. The number of para-hydroxylation sites is 2. The highest BCUT2D eigenvalue weighted by atomic mass is 35.5. The zero-order valence-corrected chi connectivity index (χ0v) is 19.8. The quantitative estimate of drug-likeness (QED) is 0.293. The van der Waals surface area contributed by atoms with Gasteiger partial charge < -0.3 is 0 Å². The summed E-state index contributed by atoms with van der Waals surface area (Å²) < 4.78 is 3.29. The van der Waals surface area contributed by atoms with Crippen LogP contribution in [0.2, 0.25) is 10.0 Å². The van der Waals surface area contributed by atoms with Crippen molar-refractivity contribution in [2.45, 2.75) is 13.8 Å². The molecular formula is C26H17Cl2N5O. The molecule has 0 amide bonds. The Hall–Kier alpha value is -3.74. The van der Waals surface area contributed by atoms with Gasteiger partial charge in [-0.15, -0.1) is 0 Å². The van der Waals surface area contributed by atoms with Crippen molar-refractivity contribution in [1.29, 1.82) is 0 Å². The predicted molar refractivity (Wildman–Crippen MR) is 137 cm³/mol. The van der Waals surface area contributed by atoms with E-state index in [0.29, 0.717) is 43.4 Å². The molecule has 6 nitrogen and oxygen atoms in total. The third-order valence-corrected chi connectivity index (χ3v) is 6.64. The predicted octanol–water partition coefficient (Wildman–Crippen LogP) is 6.20. The van der Waals surface area contributed by atoms with E-state index in [1.54, 1.807) is 18.2 Å². The molecule has 3 aromatic carbocycles. The second kappa shape index (κ2) is 7.65. The van der Waals surface area contributed by atoms with E-state index in [1.807, 2.05) is 41.0 Å². The molecule has 3 heterocycles. The molecular weight excluding hydrogens is 469 g/mol. The second-order valence-electron chi connectivity index (χ2n) is 8.20. The van der Waals surface area contributed by atoms with Gasteiger partial charge in [0.25, 0.3) is 5.56 Å². The van der Waals surface area contributed by atoms with Crippen LogP contribution in [-0.4, -0.2) is 24.1 Å². The van der Waals surface area contributed by atoms with E-state index in [4.69, 9.17) is 33.2 Å². The number of hydrogen-bond donors (Lipinski definition) is 0. The van der Waals surface area contributed by atoms with Crippen LogP contribution in [-0.2, 0) is 0 Å². The first-order chi connectivity index (χ1) is 16.4. The van der Waals surface area contributed by atoms with Gasteiger partial charge in [-0.25, -0.2) is 15.0 Å². The lowest BCUT2D eigenvalue weighted by molar-refractivity contribution is 0.952. The van der Waals surface area contributed by atoms with Crippen LogP contribution in [0.5, 0.6) is 0 Å². The molecule has 0 aliphatic heterocycles. The Bertz CT molecular complexity index is 1840. The van der Waals surface area contributed by atoms with Crippen molar-refractivity contribution in [3.05, 3.63) is 98.5 Å². The smallest absolute Gasteiger partial charge is 0.269 e. The summed E-state index contributed by atoms with van der Waals surface area (Å²) in [7, 11) is 0. The first-order valence-electron chi connectivity index (χ1n) is 10.6. The van der Waals surface area contributed by atoms with Gasteiger partial charge in [0.2, 0.25) is 0 Å². The molecule has 8 heteroatoms. The van der Waals surface area contributed by atoms with Crippen molar-refractivity contribution in [3.63, 3.8) is 0 Å². The van der Waals surface area contributed by atoms with Gasteiger partial charge in [0.15, 0.2) is 11.3 Å². The third-order valence-electron chi connectivity index (χ3n) is 6.08. The maximum absolute atomic E-state index is 13.8. The minimum atomic E-state index is -0.300. The van der Waals surface area contributed by atoms with Crippen LogP contribution < -0.4 is 5.56 Å². The Morgan fingerprint density at radius 2 is 1.59 bits per heavy atom. The van der Waals surface area contributed by atoms with Crippen LogP contribution in [0.1, 0.15) is 11.1 Å². The maximum Gasteiger partial charge on any atom is 0.269 e. The number of halogens is 2. The summed E-state index contributed by atoms with van der Waals surface area (Å²) in [6.45, 7) is 4.11. The molecule has 3 aromatic heterocycles. The normalized spacial score (nSPS) is 11.6. The molecule has 0 saturated heterocycles. The van der Waals surface area contributed by atoms with Crippen molar-refractivity contribution in [2.24, 2.45) is 0 Å². The Balaban J connectivity index is 1.79. The maximum atomic E-state index is 13.8. The monoisotopic (exact) mass is 485 g/mol. The third kappa shape index (κ3) is 3.10. The summed E-state index contributed by atoms with van der Waals surface area (Å²) in [6.07, 6.45) is 1.47. The van der Waals surface area contributed by atoms with Crippen molar-refractivity contribution in [1.82, 2.24) is 24.1 Å². The first kappa shape index (κ1) is 20.8. The van der Waals surface area contributed by atoms with Crippen molar-refractivity contribution in [3.8, 4) is 11.4 Å². The molecule has 0 saturated carbocycles. The van der Waals surface area contributed by atoms with E-state index in [2.05, 4.69) is 24.9 Å². The second-order valence-corrected chi connectivity index (χ2v) is 9.05. The van der Waals surface area contributed by atoms with E-state index in [9.17, 15) is 4.79 Å². The lowest BCUT2D eigenvalue weighted by atomic mass is 10.1. The molecule has 6 rings (SSSR count). The zero-order chi connectivity index (χ0) is 23.6. The van der Waals surface area contributed by atoms with E-state index >= 15 is 0 Å². The van der Waals surface area contributed by atoms with Gasteiger partial charge in [0.1, 0.15) is 17.2 Å². The van der Waals surface area contributed by atoms with Gasteiger partial charge in [-0.3, -0.25) is 13.9 Å².